The number of aromatic hydroxyl groups is 1. The molecule has 0 radical (unpaired) electrons. The minimum Gasteiger partial charge on any atom is -0.507 e. The van der Waals surface area contributed by atoms with Crippen LogP contribution in [0.2, 0.25) is 0 Å². The van der Waals surface area contributed by atoms with Crippen LogP contribution in [0.4, 0.5) is 0 Å². The van der Waals surface area contributed by atoms with Gasteiger partial charge in [0.1, 0.15) is 11.4 Å². The Morgan fingerprint density at radius 1 is 0.926 bits per heavy atom. The Bertz CT molecular complexity index is 614. The molecule has 0 aromatic heterocycles. The van der Waals surface area contributed by atoms with Gasteiger partial charge in [-0.15, -0.1) is 0 Å². The monoisotopic (exact) mass is 372 g/mol. The van der Waals surface area contributed by atoms with E-state index in [0.717, 1.165) is 62.5 Å². The van der Waals surface area contributed by atoms with E-state index in [4.69, 9.17) is 4.74 Å². The number of phenolic OH excluding ortho intramolecular Hbond substituents is 1. The summed E-state index contributed by atoms with van der Waals surface area (Å²) in [5.74, 6) is 0.523. The van der Waals surface area contributed by atoms with E-state index < -0.39 is 0 Å². The average Bonchev–Trinajstić information content (AvgIpc) is 3.57. The summed E-state index contributed by atoms with van der Waals surface area (Å²) in [6, 6.07) is 6.23. The smallest absolute Gasteiger partial charge is 0.293 e. The number of rotatable bonds is 14. The maximum Gasteiger partial charge on any atom is 0.293 e. The molecule has 2 aliphatic carbocycles. The number of carbonyl (C=O) groups is 1. The third kappa shape index (κ3) is 6.26. The van der Waals surface area contributed by atoms with E-state index >= 15 is 0 Å². The molecule has 0 amide bonds. The first kappa shape index (κ1) is 20.2. The number of hydrogen-bond acceptors (Lipinski definition) is 3. The van der Waals surface area contributed by atoms with Gasteiger partial charge in [-0.25, -0.2) is 0 Å². The van der Waals surface area contributed by atoms with Gasteiger partial charge in [-0.3, -0.25) is 4.79 Å². The van der Waals surface area contributed by atoms with Crippen molar-refractivity contribution in [3.63, 3.8) is 0 Å². The quantitative estimate of drug-likeness (QED) is 0.317. The van der Waals surface area contributed by atoms with Crippen molar-refractivity contribution in [1.82, 2.24) is 0 Å². The number of hydrogen-bond donors (Lipinski definition) is 1. The molecule has 27 heavy (non-hydrogen) atoms. The lowest BCUT2D eigenvalue weighted by atomic mass is 9.97. The number of phenols is 1. The maximum absolute atomic E-state index is 10.6. The van der Waals surface area contributed by atoms with Gasteiger partial charge in [-0.1, -0.05) is 44.4 Å². The first-order valence-corrected chi connectivity index (χ1v) is 11.0. The van der Waals surface area contributed by atoms with E-state index in [1.165, 1.54) is 38.5 Å². The summed E-state index contributed by atoms with van der Waals surface area (Å²) >= 11 is 0. The molecule has 3 nitrogen and oxygen atoms in total. The second-order valence-corrected chi connectivity index (χ2v) is 9.25. The van der Waals surface area contributed by atoms with Crippen LogP contribution in [0.5, 0.6) is 5.75 Å². The molecule has 2 aliphatic rings. The van der Waals surface area contributed by atoms with Crippen LogP contribution < -0.4 is 0 Å². The van der Waals surface area contributed by atoms with E-state index in [0.29, 0.717) is 17.6 Å². The molecule has 2 saturated carbocycles. The lowest BCUT2D eigenvalue weighted by Crippen LogP contribution is -2.12. The van der Waals surface area contributed by atoms with Crippen LogP contribution in [0.3, 0.4) is 0 Å². The van der Waals surface area contributed by atoms with Crippen LogP contribution >= 0.6 is 0 Å². The van der Waals surface area contributed by atoms with Crippen molar-refractivity contribution in [2.24, 2.45) is 5.41 Å². The Labute approximate surface area is 164 Å². The molecule has 0 heterocycles. The van der Waals surface area contributed by atoms with Crippen LogP contribution in [-0.2, 0) is 22.4 Å². The van der Waals surface area contributed by atoms with Crippen molar-refractivity contribution in [1.29, 1.82) is 0 Å². The summed E-state index contributed by atoms with van der Waals surface area (Å²) in [5.41, 5.74) is 2.74. The van der Waals surface area contributed by atoms with Crippen molar-refractivity contribution >= 4 is 6.47 Å². The molecule has 3 rings (SSSR count). The van der Waals surface area contributed by atoms with Crippen LogP contribution in [0.25, 0.3) is 0 Å². The van der Waals surface area contributed by atoms with Gasteiger partial charge in [0.25, 0.3) is 6.47 Å². The van der Waals surface area contributed by atoms with Gasteiger partial charge in [-0.2, -0.15) is 0 Å². The number of carbonyl (C=O) groups excluding carboxylic acids is 1. The highest BCUT2D eigenvalue weighted by molar-refractivity contribution is 5.40. The molecule has 1 aromatic carbocycles. The van der Waals surface area contributed by atoms with E-state index in [9.17, 15) is 9.90 Å². The van der Waals surface area contributed by atoms with Gasteiger partial charge < -0.3 is 9.84 Å². The Hall–Kier alpha value is -1.51. The molecule has 0 unspecified atom stereocenters. The highest BCUT2D eigenvalue weighted by Gasteiger charge is 2.44. The van der Waals surface area contributed by atoms with Crippen LogP contribution in [0.1, 0.15) is 95.1 Å². The average molecular weight is 373 g/mol. The topological polar surface area (TPSA) is 46.5 Å². The van der Waals surface area contributed by atoms with Crippen molar-refractivity contribution in [2.75, 3.05) is 0 Å². The Morgan fingerprint density at radius 2 is 1.52 bits per heavy atom. The summed E-state index contributed by atoms with van der Waals surface area (Å²) in [6.45, 7) is 3.00. The van der Waals surface area contributed by atoms with Crippen LogP contribution in [0.15, 0.2) is 18.2 Å². The van der Waals surface area contributed by atoms with Gasteiger partial charge in [-0.05, 0) is 87.2 Å². The summed E-state index contributed by atoms with van der Waals surface area (Å²) in [7, 11) is 0. The molecule has 3 heteroatoms. The van der Waals surface area contributed by atoms with E-state index in [1.807, 2.05) is 0 Å². The van der Waals surface area contributed by atoms with Gasteiger partial charge in [0.15, 0.2) is 0 Å². The molecule has 0 bridgehead atoms. The summed E-state index contributed by atoms with van der Waals surface area (Å²) < 4.78 is 5.20. The molecular weight excluding hydrogens is 336 g/mol. The standard InChI is InChI=1S/C24H36O3/c1-23(15-16-23)13-6-2-4-9-20-11-8-12-21(22(20)26)10-5-3-7-14-24(17-18-24)27-19-25/h8,11-12,19,26H,2-7,9-10,13-18H2,1H3. The highest BCUT2D eigenvalue weighted by atomic mass is 16.5. The molecule has 1 aromatic rings. The van der Waals surface area contributed by atoms with Gasteiger partial charge in [0, 0.05) is 0 Å². The fraction of sp³-hybridized carbons (Fsp3) is 0.708. The first-order chi connectivity index (χ1) is 13.1. The minimum absolute atomic E-state index is 0.124. The number of unbranched alkanes of at least 4 members (excludes halogenated alkanes) is 4. The molecule has 0 aliphatic heterocycles. The fourth-order valence-electron chi connectivity index (χ4n) is 4.16. The second-order valence-electron chi connectivity index (χ2n) is 9.25. The van der Waals surface area contributed by atoms with Crippen molar-refractivity contribution in [3.05, 3.63) is 29.3 Å². The zero-order valence-electron chi connectivity index (χ0n) is 17.0. The fourth-order valence-corrected chi connectivity index (χ4v) is 4.16. The van der Waals surface area contributed by atoms with Crippen LogP contribution in [-0.4, -0.2) is 17.2 Å². The van der Waals surface area contributed by atoms with E-state index in [1.54, 1.807) is 0 Å². The molecule has 0 saturated heterocycles. The Morgan fingerprint density at radius 3 is 2.04 bits per heavy atom. The number of ether oxygens (including phenoxy) is 1. The van der Waals surface area contributed by atoms with Crippen LogP contribution in [0, 0.1) is 5.41 Å². The third-order valence-electron chi connectivity index (χ3n) is 6.72. The first-order valence-electron chi connectivity index (χ1n) is 11.0. The predicted octanol–water partition coefficient (Wildman–Crippen LogP) is 6.10. The lowest BCUT2D eigenvalue weighted by Gasteiger charge is -2.13. The molecule has 2 fully saturated rings. The number of aryl methyl sites for hydroxylation is 2. The normalized spacial score (nSPS) is 18.9. The molecule has 150 valence electrons. The molecule has 1 N–H and O–H groups in total. The molecular formula is C24H36O3. The van der Waals surface area contributed by atoms with Gasteiger partial charge in [0.2, 0.25) is 0 Å². The van der Waals surface area contributed by atoms with Gasteiger partial charge >= 0.3 is 0 Å². The minimum atomic E-state index is -0.124. The van der Waals surface area contributed by atoms with E-state index in [2.05, 4.69) is 25.1 Å². The summed E-state index contributed by atoms with van der Waals surface area (Å²) in [6.07, 6.45) is 16.2. The van der Waals surface area contributed by atoms with E-state index in [-0.39, 0.29) is 5.60 Å². The van der Waals surface area contributed by atoms with Gasteiger partial charge in [0.05, 0.1) is 0 Å². The second kappa shape index (κ2) is 9.12. The highest BCUT2D eigenvalue weighted by Crippen LogP contribution is 2.49. The third-order valence-corrected chi connectivity index (χ3v) is 6.72. The largest absolute Gasteiger partial charge is 0.507 e. The number of para-hydroxylation sites is 1. The summed E-state index contributed by atoms with van der Waals surface area (Å²) in [5, 5.41) is 10.6. The Kier molecular flexibility index (Phi) is 6.83. The van der Waals surface area contributed by atoms with Crippen molar-refractivity contribution in [2.45, 2.75) is 102 Å². The zero-order valence-corrected chi connectivity index (χ0v) is 17.0. The number of benzene rings is 1. The SMILES string of the molecule is CC1(CCCCCc2cccc(CCCCCC3(OC=O)CC3)c2O)CC1. The zero-order chi connectivity index (χ0) is 19.2. The molecule has 0 atom stereocenters. The Balaban J connectivity index is 1.33. The van der Waals surface area contributed by atoms with Crippen molar-refractivity contribution in [3.8, 4) is 5.75 Å². The summed E-state index contributed by atoms with van der Waals surface area (Å²) in [4.78, 5) is 10.5. The molecule has 0 spiro atoms. The maximum atomic E-state index is 10.6. The lowest BCUT2D eigenvalue weighted by molar-refractivity contribution is -0.135. The predicted molar refractivity (Wildman–Crippen MR) is 109 cm³/mol. The van der Waals surface area contributed by atoms with Crippen molar-refractivity contribution < 1.29 is 14.6 Å².